The number of amides is 2. The molecule has 0 aliphatic carbocycles. The Kier molecular flexibility index (Phi) is 4.89. The maximum absolute atomic E-state index is 12.4. The van der Waals surface area contributed by atoms with Crippen LogP contribution in [0.15, 0.2) is 24.3 Å². The molecule has 2 heterocycles. The van der Waals surface area contributed by atoms with Crippen LogP contribution in [0.3, 0.4) is 0 Å². The van der Waals surface area contributed by atoms with Crippen molar-refractivity contribution in [2.45, 2.75) is 39.0 Å². The number of nitrogens with zero attached hydrogens (tertiary/aromatic N) is 3. The number of anilines is 2. The molecule has 0 saturated carbocycles. The normalized spacial score (nSPS) is 14.5. The van der Waals surface area contributed by atoms with Crippen LogP contribution < -0.4 is 10.2 Å². The molecule has 3 rings (SSSR count). The summed E-state index contributed by atoms with van der Waals surface area (Å²) >= 11 is 1.36. The first kappa shape index (κ1) is 16.6. The number of hydrogen-bond donors (Lipinski definition) is 1. The zero-order chi connectivity index (χ0) is 17.1. The number of rotatable bonds is 4. The van der Waals surface area contributed by atoms with Crippen LogP contribution in [0, 0.1) is 0 Å². The van der Waals surface area contributed by atoms with E-state index in [1.807, 2.05) is 38.1 Å². The van der Waals surface area contributed by atoms with Crippen LogP contribution in [0.5, 0.6) is 0 Å². The van der Waals surface area contributed by atoms with Crippen molar-refractivity contribution in [3.05, 3.63) is 34.8 Å². The summed E-state index contributed by atoms with van der Waals surface area (Å²) in [6.45, 7) is 4.05. The largest absolute Gasteiger partial charge is 0.303 e. The minimum absolute atomic E-state index is 0.00750. The molecule has 7 heteroatoms. The summed E-state index contributed by atoms with van der Waals surface area (Å²) in [5.74, 6) is -0.00560. The van der Waals surface area contributed by atoms with Crippen LogP contribution in [0.2, 0.25) is 0 Å². The van der Waals surface area contributed by atoms with Crippen LogP contribution in [-0.2, 0) is 16.0 Å². The van der Waals surface area contributed by atoms with Gasteiger partial charge in [0.2, 0.25) is 16.9 Å². The highest BCUT2D eigenvalue weighted by Gasteiger charge is 2.24. The number of fused-ring (bicyclic) bond motifs is 1. The molecule has 0 unspecified atom stereocenters. The molecule has 0 atom stereocenters. The number of para-hydroxylation sites is 1. The van der Waals surface area contributed by atoms with E-state index in [-0.39, 0.29) is 24.3 Å². The summed E-state index contributed by atoms with van der Waals surface area (Å²) in [5, 5.41) is 12.1. The first-order chi connectivity index (χ1) is 11.5. The Morgan fingerprint density at radius 1 is 1.29 bits per heavy atom. The highest BCUT2D eigenvalue weighted by molar-refractivity contribution is 7.15. The van der Waals surface area contributed by atoms with Crippen molar-refractivity contribution in [2.24, 2.45) is 0 Å². The second kappa shape index (κ2) is 7.09. The predicted molar refractivity (Wildman–Crippen MR) is 94.4 cm³/mol. The molecular formula is C17H20N4O2S. The molecule has 2 amide bonds. The maximum atomic E-state index is 12.4. The van der Waals surface area contributed by atoms with Gasteiger partial charge in [-0.2, -0.15) is 0 Å². The van der Waals surface area contributed by atoms with E-state index in [0.717, 1.165) is 29.1 Å². The molecule has 24 heavy (non-hydrogen) atoms. The molecule has 0 fully saturated rings. The summed E-state index contributed by atoms with van der Waals surface area (Å²) in [6.07, 6.45) is 2.12. The summed E-state index contributed by atoms with van der Waals surface area (Å²) in [6, 6.07) is 7.76. The van der Waals surface area contributed by atoms with E-state index in [2.05, 4.69) is 15.5 Å². The summed E-state index contributed by atoms with van der Waals surface area (Å²) in [4.78, 5) is 26.3. The lowest BCUT2D eigenvalue weighted by molar-refractivity contribution is -0.121. The molecular weight excluding hydrogens is 324 g/mol. The zero-order valence-corrected chi connectivity index (χ0v) is 14.6. The average Bonchev–Trinajstić information content (AvgIpc) is 2.96. The van der Waals surface area contributed by atoms with E-state index in [0.29, 0.717) is 11.6 Å². The Hall–Kier alpha value is -2.28. The summed E-state index contributed by atoms with van der Waals surface area (Å²) in [7, 11) is 0. The molecule has 1 aliphatic rings. The highest BCUT2D eigenvalue weighted by atomic mass is 32.1. The molecule has 2 aromatic rings. The molecule has 1 aliphatic heterocycles. The van der Waals surface area contributed by atoms with Crippen LogP contribution in [0.25, 0.3) is 0 Å². The van der Waals surface area contributed by atoms with Crippen molar-refractivity contribution in [1.82, 2.24) is 10.2 Å². The fraction of sp³-hybridized carbons (Fsp3) is 0.412. The van der Waals surface area contributed by atoms with Crippen molar-refractivity contribution in [1.29, 1.82) is 0 Å². The molecule has 1 aromatic carbocycles. The van der Waals surface area contributed by atoms with E-state index in [4.69, 9.17) is 0 Å². The molecule has 0 radical (unpaired) electrons. The minimum Gasteiger partial charge on any atom is -0.303 e. The average molecular weight is 344 g/mol. The van der Waals surface area contributed by atoms with Gasteiger partial charge in [0.25, 0.3) is 0 Å². The van der Waals surface area contributed by atoms with Gasteiger partial charge in [-0.05, 0) is 24.5 Å². The molecule has 0 bridgehead atoms. The van der Waals surface area contributed by atoms with E-state index < -0.39 is 0 Å². The quantitative estimate of drug-likeness (QED) is 0.925. The van der Waals surface area contributed by atoms with E-state index in [1.54, 1.807) is 4.90 Å². The van der Waals surface area contributed by atoms with Crippen molar-refractivity contribution >= 4 is 34.0 Å². The van der Waals surface area contributed by atoms with Gasteiger partial charge in [0.1, 0.15) is 11.6 Å². The Morgan fingerprint density at radius 2 is 2.08 bits per heavy atom. The van der Waals surface area contributed by atoms with Gasteiger partial charge in [0.15, 0.2) is 0 Å². The Morgan fingerprint density at radius 3 is 2.83 bits per heavy atom. The van der Waals surface area contributed by atoms with Gasteiger partial charge in [-0.25, -0.2) is 0 Å². The first-order valence-corrected chi connectivity index (χ1v) is 8.88. The maximum Gasteiger partial charge on any atom is 0.246 e. The summed E-state index contributed by atoms with van der Waals surface area (Å²) in [5.41, 5.74) is 1.93. The first-order valence-electron chi connectivity index (χ1n) is 8.06. The fourth-order valence-electron chi connectivity index (χ4n) is 2.68. The van der Waals surface area contributed by atoms with Gasteiger partial charge in [0.05, 0.1) is 0 Å². The Balaban J connectivity index is 1.73. The zero-order valence-electron chi connectivity index (χ0n) is 13.8. The predicted octanol–water partition coefficient (Wildman–Crippen LogP) is 2.97. The van der Waals surface area contributed by atoms with Gasteiger partial charge in [-0.15, -0.1) is 10.2 Å². The Bertz CT molecular complexity index is 757. The van der Waals surface area contributed by atoms with Gasteiger partial charge in [-0.1, -0.05) is 43.4 Å². The molecule has 0 spiro atoms. The third-order valence-electron chi connectivity index (χ3n) is 3.90. The lowest BCUT2D eigenvalue weighted by atomic mass is 10.1. The molecule has 126 valence electrons. The smallest absolute Gasteiger partial charge is 0.246 e. The van der Waals surface area contributed by atoms with Crippen molar-refractivity contribution in [2.75, 3.05) is 16.8 Å². The van der Waals surface area contributed by atoms with E-state index >= 15 is 0 Å². The third kappa shape index (κ3) is 3.62. The van der Waals surface area contributed by atoms with Crippen LogP contribution in [0.1, 0.15) is 43.2 Å². The second-order valence-electron chi connectivity index (χ2n) is 6.11. The Labute approximate surface area is 144 Å². The van der Waals surface area contributed by atoms with Gasteiger partial charge in [0, 0.05) is 18.0 Å². The number of nitrogens with one attached hydrogen (secondary N) is 1. The van der Waals surface area contributed by atoms with Crippen molar-refractivity contribution < 1.29 is 9.59 Å². The summed E-state index contributed by atoms with van der Waals surface area (Å²) < 4.78 is 0. The highest BCUT2D eigenvalue weighted by Crippen LogP contribution is 2.27. The second-order valence-corrected chi connectivity index (χ2v) is 7.12. The van der Waals surface area contributed by atoms with Crippen molar-refractivity contribution in [3.8, 4) is 0 Å². The number of carbonyl (C=O) groups excluding carboxylic acids is 2. The third-order valence-corrected chi connectivity index (χ3v) is 5.04. The van der Waals surface area contributed by atoms with Gasteiger partial charge >= 0.3 is 0 Å². The van der Waals surface area contributed by atoms with Crippen LogP contribution in [-0.4, -0.2) is 28.6 Å². The van der Waals surface area contributed by atoms with Gasteiger partial charge < -0.3 is 4.90 Å². The monoisotopic (exact) mass is 344 g/mol. The van der Waals surface area contributed by atoms with Crippen molar-refractivity contribution in [3.63, 3.8) is 0 Å². The molecule has 1 N–H and O–H groups in total. The molecule has 6 nitrogen and oxygen atoms in total. The SMILES string of the molecule is CC(C)c1nnc(NC(=O)CN2C(=O)CCCc3ccccc32)s1. The van der Waals surface area contributed by atoms with Gasteiger partial charge in [-0.3, -0.25) is 14.9 Å². The van der Waals surface area contributed by atoms with E-state index in [9.17, 15) is 9.59 Å². The lowest BCUT2D eigenvalue weighted by Gasteiger charge is -2.22. The van der Waals surface area contributed by atoms with Crippen LogP contribution >= 0.6 is 11.3 Å². The lowest BCUT2D eigenvalue weighted by Crippen LogP contribution is -2.37. The molecule has 1 aromatic heterocycles. The minimum atomic E-state index is -0.258. The topological polar surface area (TPSA) is 75.2 Å². The fourth-order valence-corrected chi connectivity index (χ4v) is 3.44. The number of aryl methyl sites for hydroxylation is 1. The molecule has 0 saturated heterocycles. The number of hydrogen-bond acceptors (Lipinski definition) is 5. The van der Waals surface area contributed by atoms with Crippen LogP contribution in [0.4, 0.5) is 10.8 Å². The number of aromatic nitrogens is 2. The standard InChI is InChI=1S/C17H20N4O2S/c1-11(2)16-19-20-17(24-16)18-14(22)10-21-13-8-4-3-6-12(13)7-5-9-15(21)23/h3-4,6,8,11H,5,7,9-10H2,1-2H3,(H,18,20,22). The number of carbonyl (C=O) groups is 2. The number of benzene rings is 1. The van der Waals surface area contributed by atoms with E-state index in [1.165, 1.54) is 11.3 Å².